The zero-order valence-corrected chi connectivity index (χ0v) is 17.3. The van der Waals surface area contributed by atoms with Gasteiger partial charge in [0.2, 0.25) is 11.6 Å². The SMILES string of the molecule is O=[N+]([O-])c1c(NC2CCCCCC2)ncnc1NN(c1ccccc1)c1ccccc1. The first-order valence-electron chi connectivity index (χ1n) is 10.6. The fraction of sp³-hybridized carbons (Fsp3) is 0.304. The molecule has 8 nitrogen and oxygen atoms in total. The molecule has 0 bridgehead atoms. The van der Waals surface area contributed by atoms with Crippen molar-refractivity contribution in [1.82, 2.24) is 9.97 Å². The Labute approximate surface area is 181 Å². The quantitative estimate of drug-likeness (QED) is 0.289. The lowest BCUT2D eigenvalue weighted by molar-refractivity contribution is -0.383. The van der Waals surface area contributed by atoms with Crippen LogP contribution in [-0.2, 0) is 0 Å². The van der Waals surface area contributed by atoms with E-state index in [-0.39, 0.29) is 23.4 Å². The van der Waals surface area contributed by atoms with Crippen molar-refractivity contribution in [3.63, 3.8) is 0 Å². The summed E-state index contributed by atoms with van der Waals surface area (Å²) in [5, 5.41) is 17.1. The summed E-state index contributed by atoms with van der Waals surface area (Å²) in [5.41, 5.74) is 4.67. The van der Waals surface area contributed by atoms with Gasteiger partial charge in [0.15, 0.2) is 0 Å². The minimum atomic E-state index is -0.421. The van der Waals surface area contributed by atoms with Gasteiger partial charge in [0.05, 0.1) is 16.3 Å². The Morgan fingerprint density at radius 1 is 0.839 bits per heavy atom. The Morgan fingerprint density at radius 2 is 1.39 bits per heavy atom. The van der Waals surface area contributed by atoms with Gasteiger partial charge >= 0.3 is 5.69 Å². The van der Waals surface area contributed by atoms with Crippen LogP contribution in [0.2, 0.25) is 0 Å². The van der Waals surface area contributed by atoms with Gasteiger partial charge in [-0.25, -0.2) is 9.97 Å². The number of nitro groups is 1. The molecule has 1 heterocycles. The highest BCUT2D eigenvalue weighted by Crippen LogP contribution is 2.34. The van der Waals surface area contributed by atoms with E-state index in [9.17, 15) is 10.1 Å². The molecule has 1 aromatic heterocycles. The third-order valence-corrected chi connectivity index (χ3v) is 5.45. The molecule has 31 heavy (non-hydrogen) atoms. The molecule has 3 aromatic rings. The molecule has 0 spiro atoms. The van der Waals surface area contributed by atoms with Gasteiger partial charge in [0, 0.05) is 6.04 Å². The van der Waals surface area contributed by atoms with Crippen molar-refractivity contribution in [2.24, 2.45) is 0 Å². The lowest BCUT2D eigenvalue weighted by Crippen LogP contribution is -2.26. The van der Waals surface area contributed by atoms with Crippen molar-refractivity contribution in [2.45, 2.75) is 44.6 Å². The predicted molar refractivity (Wildman–Crippen MR) is 122 cm³/mol. The van der Waals surface area contributed by atoms with Gasteiger partial charge in [-0.15, -0.1) is 0 Å². The van der Waals surface area contributed by atoms with Crippen LogP contribution < -0.4 is 15.8 Å². The van der Waals surface area contributed by atoms with Gasteiger partial charge in [-0.1, -0.05) is 62.1 Å². The summed E-state index contributed by atoms with van der Waals surface area (Å²) in [5.74, 6) is 0.402. The Bertz CT molecular complexity index is 952. The minimum Gasteiger partial charge on any atom is -0.361 e. The molecule has 1 aliphatic carbocycles. The second kappa shape index (κ2) is 9.88. The summed E-state index contributed by atoms with van der Waals surface area (Å²) in [4.78, 5) is 20.0. The van der Waals surface area contributed by atoms with E-state index in [1.807, 2.05) is 60.7 Å². The van der Waals surface area contributed by atoms with Crippen LogP contribution in [0.1, 0.15) is 38.5 Å². The molecule has 0 unspecified atom stereocenters. The van der Waals surface area contributed by atoms with Crippen molar-refractivity contribution in [1.29, 1.82) is 0 Å². The summed E-state index contributed by atoms with van der Waals surface area (Å²) >= 11 is 0. The highest BCUT2D eigenvalue weighted by molar-refractivity contribution is 5.75. The zero-order chi connectivity index (χ0) is 21.5. The van der Waals surface area contributed by atoms with E-state index in [0.29, 0.717) is 0 Å². The third kappa shape index (κ3) is 5.09. The van der Waals surface area contributed by atoms with Crippen LogP contribution >= 0.6 is 0 Å². The van der Waals surface area contributed by atoms with E-state index in [1.54, 1.807) is 5.01 Å². The Balaban J connectivity index is 1.68. The number of para-hydroxylation sites is 2. The first kappa shape index (κ1) is 20.6. The van der Waals surface area contributed by atoms with E-state index in [1.165, 1.54) is 19.2 Å². The van der Waals surface area contributed by atoms with Gasteiger partial charge < -0.3 is 5.32 Å². The number of hydrogen-bond donors (Lipinski definition) is 2. The largest absolute Gasteiger partial charge is 0.361 e. The standard InChI is InChI=1S/C23H26N6O2/c30-29(31)21-22(26-18-11-5-1-2-6-12-18)24-17-25-23(21)27-28(19-13-7-3-8-14-19)20-15-9-4-10-16-20/h3-4,7-10,13-18H,1-2,5-6,11-12H2,(H2,24,25,26,27). The minimum absolute atomic E-state index is 0.142. The van der Waals surface area contributed by atoms with Crippen molar-refractivity contribution in [3.05, 3.63) is 77.1 Å². The number of anilines is 4. The zero-order valence-electron chi connectivity index (χ0n) is 17.3. The Kier molecular flexibility index (Phi) is 6.56. The number of hydrazine groups is 1. The van der Waals surface area contributed by atoms with E-state index >= 15 is 0 Å². The maximum Gasteiger partial charge on any atom is 0.354 e. The van der Waals surface area contributed by atoms with Gasteiger partial charge in [0.25, 0.3) is 0 Å². The molecule has 1 aliphatic rings. The highest BCUT2D eigenvalue weighted by Gasteiger charge is 2.27. The van der Waals surface area contributed by atoms with Crippen molar-refractivity contribution < 1.29 is 4.92 Å². The molecule has 2 N–H and O–H groups in total. The van der Waals surface area contributed by atoms with E-state index in [4.69, 9.17) is 0 Å². The third-order valence-electron chi connectivity index (χ3n) is 5.45. The summed E-state index contributed by atoms with van der Waals surface area (Å²) < 4.78 is 0. The summed E-state index contributed by atoms with van der Waals surface area (Å²) in [6.07, 6.45) is 8.01. The normalized spacial score (nSPS) is 14.5. The topological polar surface area (TPSA) is 96.2 Å². The number of benzene rings is 2. The van der Waals surface area contributed by atoms with Crippen molar-refractivity contribution >= 4 is 28.7 Å². The number of rotatable bonds is 7. The molecule has 8 heteroatoms. The summed E-state index contributed by atoms with van der Waals surface area (Å²) in [6, 6.07) is 19.4. The van der Waals surface area contributed by atoms with Gasteiger partial charge in [-0.05, 0) is 37.1 Å². The average molecular weight is 419 g/mol. The van der Waals surface area contributed by atoms with Crippen LogP contribution in [0.3, 0.4) is 0 Å². The molecule has 4 rings (SSSR count). The second-order valence-corrected chi connectivity index (χ2v) is 7.63. The maximum absolute atomic E-state index is 12.0. The lowest BCUT2D eigenvalue weighted by Gasteiger charge is -2.26. The average Bonchev–Trinajstić information content (AvgIpc) is 3.07. The summed E-state index contributed by atoms with van der Waals surface area (Å²) in [6.45, 7) is 0. The molecule has 160 valence electrons. The van der Waals surface area contributed by atoms with Gasteiger partial charge in [-0.3, -0.25) is 20.5 Å². The van der Waals surface area contributed by atoms with Crippen molar-refractivity contribution in [2.75, 3.05) is 15.8 Å². The number of nitrogens with zero attached hydrogens (tertiary/aromatic N) is 4. The van der Waals surface area contributed by atoms with Crippen LogP contribution in [0.5, 0.6) is 0 Å². The van der Waals surface area contributed by atoms with E-state index in [0.717, 1.165) is 37.1 Å². The van der Waals surface area contributed by atoms with Crippen LogP contribution in [0.4, 0.5) is 28.7 Å². The van der Waals surface area contributed by atoms with Crippen LogP contribution in [0.15, 0.2) is 67.0 Å². The second-order valence-electron chi connectivity index (χ2n) is 7.63. The Morgan fingerprint density at radius 3 is 1.94 bits per heavy atom. The molecular weight excluding hydrogens is 392 g/mol. The van der Waals surface area contributed by atoms with E-state index < -0.39 is 4.92 Å². The molecule has 0 atom stereocenters. The number of aromatic nitrogens is 2. The number of hydrogen-bond acceptors (Lipinski definition) is 7. The first-order valence-corrected chi connectivity index (χ1v) is 10.6. The van der Waals surface area contributed by atoms with E-state index in [2.05, 4.69) is 20.7 Å². The monoisotopic (exact) mass is 418 g/mol. The molecule has 0 amide bonds. The van der Waals surface area contributed by atoms with Gasteiger partial charge in [0.1, 0.15) is 6.33 Å². The fourth-order valence-corrected chi connectivity index (χ4v) is 3.89. The molecule has 0 aliphatic heterocycles. The Hall–Kier alpha value is -3.68. The van der Waals surface area contributed by atoms with Crippen LogP contribution in [-0.4, -0.2) is 20.9 Å². The highest BCUT2D eigenvalue weighted by atomic mass is 16.6. The molecular formula is C23H26N6O2. The fourth-order valence-electron chi connectivity index (χ4n) is 3.89. The molecule has 1 saturated carbocycles. The molecule has 2 aromatic carbocycles. The summed E-state index contributed by atoms with van der Waals surface area (Å²) in [7, 11) is 0. The van der Waals surface area contributed by atoms with Crippen LogP contribution in [0.25, 0.3) is 0 Å². The number of nitrogens with one attached hydrogen (secondary N) is 2. The van der Waals surface area contributed by atoms with Gasteiger partial charge in [-0.2, -0.15) is 0 Å². The lowest BCUT2D eigenvalue weighted by atomic mass is 10.1. The van der Waals surface area contributed by atoms with Crippen molar-refractivity contribution in [3.8, 4) is 0 Å². The first-order chi connectivity index (χ1) is 15.2. The maximum atomic E-state index is 12.0. The molecule has 0 saturated heterocycles. The molecule has 0 radical (unpaired) electrons. The van der Waals surface area contributed by atoms with Crippen LogP contribution in [0, 0.1) is 10.1 Å². The smallest absolute Gasteiger partial charge is 0.354 e. The predicted octanol–water partition coefficient (Wildman–Crippen LogP) is 5.68. The molecule has 1 fully saturated rings.